The molecule has 6 heteroatoms. The van der Waals surface area contributed by atoms with E-state index < -0.39 is 23.9 Å². The molecule has 4 aromatic carbocycles. The van der Waals surface area contributed by atoms with Gasteiger partial charge in [-0.05, 0) is 22.3 Å². The van der Waals surface area contributed by atoms with Gasteiger partial charge in [0.25, 0.3) is 0 Å². The van der Waals surface area contributed by atoms with Crippen LogP contribution in [0, 0.1) is 0 Å². The molecule has 1 saturated carbocycles. The smallest absolute Gasteiger partial charge is 0.167 e. The molecule has 0 saturated heterocycles. The van der Waals surface area contributed by atoms with Crippen molar-refractivity contribution in [1.82, 2.24) is 0 Å². The average molecular weight is 553 g/mol. The molecule has 0 bridgehead atoms. The fourth-order valence-corrected chi connectivity index (χ4v) is 5.10. The van der Waals surface area contributed by atoms with Gasteiger partial charge in [-0.3, -0.25) is 4.79 Å². The first-order valence-electron chi connectivity index (χ1n) is 13.9. The third-order valence-electron chi connectivity index (χ3n) is 7.22. The Morgan fingerprint density at radius 1 is 0.585 bits per heavy atom. The molecule has 4 atom stereocenters. The lowest BCUT2D eigenvalue weighted by atomic mass is 9.78. The van der Waals surface area contributed by atoms with E-state index in [9.17, 15) is 9.90 Å². The predicted octanol–water partition coefficient (Wildman–Crippen LogP) is 5.66. The quantitative estimate of drug-likeness (QED) is 0.231. The van der Waals surface area contributed by atoms with E-state index in [1.165, 1.54) is 0 Å². The van der Waals surface area contributed by atoms with Gasteiger partial charge in [0.15, 0.2) is 5.78 Å². The molecule has 0 heterocycles. The summed E-state index contributed by atoms with van der Waals surface area (Å²) in [7, 11) is 0. The molecule has 5 rings (SSSR count). The number of Topliss-reactive ketones (excluding diaryl/α,β-unsaturated/α-hetero) is 1. The summed E-state index contributed by atoms with van der Waals surface area (Å²) < 4.78 is 25.1. The molecule has 1 N–H and O–H groups in total. The van der Waals surface area contributed by atoms with Gasteiger partial charge < -0.3 is 24.1 Å². The summed E-state index contributed by atoms with van der Waals surface area (Å²) in [6, 6.07) is 38.9. The van der Waals surface area contributed by atoms with Crippen LogP contribution >= 0.6 is 0 Å². The molecular formula is C35H36O6. The molecule has 1 aliphatic rings. The predicted molar refractivity (Wildman–Crippen MR) is 156 cm³/mol. The zero-order valence-electron chi connectivity index (χ0n) is 23.0. The van der Waals surface area contributed by atoms with Crippen molar-refractivity contribution in [3.8, 4) is 0 Å². The number of ketones is 1. The minimum atomic E-state index is -1.62. The van der Waals surface area contributed by atoms with Crippen LogP contribution in [0.15, 0.2) is 121 Å². The summed E-state index contributed by atoms with van der Waals surface area (Å²) in [4.78, 5) is 13.6. The largest absolute Gasteiger partial charge is 0.384 e. The van der Waals surface area contributed by atoms with Crippen molar-refractivity contribution in [2.24, 2.45) is 0 Å². The first-order chi connectivity index (χ1) is 20.1. The highest BCUT2D eigenvalue weighted by Gasteiger charge is 2.55. The van der Waals surface area contributed by atoms with Crippen molar-refractivity contribution < 1.29 is 28.8 Å². The van der Waals surface area contributed by atoms with E-state index in [0.717, 1.165) is 22.3 Å². The molecule has 1 fully saturated rings. The van der Waals surface area contributed by atoms with Crippen molar-refractivity contribution in [2.75, 3.05) is 6.61 Å². The molecule has 0 aliphatic heterocycles. The van der Waals surface area contributed by atoms with Crippen LogP contribution in [0.5, 0.6) is 0 Å². The molecule has 0 aromatic heterocycles. The second kappa shape index (κ2) is 14.3. The maximum Gasteiger partial charge on any atom is 0.167 e. The summed E-state index contributed by atoms with van der Waals surface area (Å²) in [5.74, 6) is -0.246. The highest BCUT2D eigenvalue weighted by molar-refractivity contribution is 5.86. The summed E-state index contributed by atoms with van der Waals surface area (Å²) in [5, 5.41) is 12.0. The summed E-state index contributed by atoms with van der Waals surface area (Å²) >= 11 is 0. The summed E-state index contributed by atoms with van der Waals surface area (Å²) in [5.41, 5.74) is 2.18. The Kier molecular flexibility index (Phi) is 10.1. The molecule has 0 amide bonds. The summed E-state index contributed by atoms with van der Waals surface area (Å²) in [6.07, 6.45) is -2.85. The lowest BCUT2D eigenvalue weighted by Crippen LogP contribution is -2.65. The Hall–Kier alpha value is -3.65. The van der Waals surface area contributed by atoms with E-state index in [4.69, 9.17) is 18.9 Å². The van der Waals surface area contributed by atoms with Crippen LogP contribution in [0.1, 0.15) is 28.7 Å². The molecule has 4 aromatic rings. The maximum atomic E-state index is 13.6. The SMILES string of the molecule is O=C1C[C@@](O)(COCc2ccccc2)[C@H](OCc2ccccc2)[C@H](OCc2ccccc2)[C@H]1OCc1ccccc1. The van der Waals surface area contributed by atoms with Crippen LogP contribution < -0.4 is 0 Å². The van der Waals surface area contributed by atoms with Crippen molar-refractivity contribution in [3.05, 3.63) is 144 Å². The first kappa shape index (κ1) is 28.9. The number of benzene rings is 4. The van der Waals surface area contributed by atoms with Gasteiger partial charge >= 0.3 is 0 Å². The highest BCUT2D eigenvalue weighted by atomic mass is 16.6. The van der Waals surface area contributed by atoms with Crippen LogP contribution in [-0.2, 0) is 50.2 Å². The number of hydrogen-bond donors (Lipinski definition) is 1. The van der Waals surface area contributed by atoms with Crippen molar-refractivity contribution in [1.29, 1.82) is 0 Å². The van der Waals surface area contributed by atoms with Gasteiger partial charge in [-0.1, -0.05) is 121 Å². The van der Waals surface area contributed by atoms with Crippen LogP contribution in [0.4, 0.5) is 0 Å². The fourth-order valence-electron chi connectivity index (χ4n) is 5.10. The lowest BCUT2D eigenvalue weighted by molar-refractivity contribution is -0.240. The molecule has 1 aliphatic carbocycles. The summed E-state index contributed by atoms with van der Waals surface area (Å²) in [6.45, 7) is 0.903. The van der Waals surface area contributed by atoms with E-state index in [-0.39, 0.29) is 38.6 Å². The number of ether oxygens (including phenoxy) is 4. The van der Waals surface area contributed by atoms with Crippen LogP contribution in [0.2, 0.25) is 0 Å². The van der Waals surface area contributed by atoms with Gasteiger partial charge in [-0.2, -0.15) is 0 Å². The third-order valence-corrected chi connectivity index (χ3v) is 7.22. The average Bonchev–Trinajstić information content (AvgIpc) is 3.01. The van der Waals surface area contributed by atoms with Gasteiger partial charge in [0.05, 0.1) is 33.0 Å². The normalized spacial score (nSPS) is 22.5. The van der Waals surface area contributed by atoms with Gasteiger partial charge in [0.1, 0.15) is 23.9 Å². The second-order valence-corrected chi connectivity index (χ2v) is 10.4. The molecule has 41 heavy (non-hydrogen) atoms. The zero-order valence-corrected chi connectivity index (χ0v) is 23.0. The second-order valence-electron chi connectivity index (χ2n) is 10.4. The molecule has 0 spiro atoms. The number of rotatable bonds is 13. The van der Waals surface area contributed by atoms with Crippen molar-refractivity contribution >= 4 is 5.78 Å². The Balaban J connectivity index is 1.40. The van der Waals surface area contributed by atoms with Gasteiger partial charge in [-0.15, -0.1) is 0 Å². The maximum absolute atomic E-state index is 13.6. The number of carbonyl (C=O) groups excluding carboxylic acids is 1. The van der Waals surface area contributed by atoms with E-state index in [0.29, 0.717) is 6.61 Å². The van der Waals surface area contributed by atoms with E-state index in [1.54, 1.807) is 0 Å². The van der Waals surface area contributed by atoms with Gasteiger partial charge in [-0.25, -0.2) is 0 Å². The molecule has 6 nitrogen and oxygen atoms in total. The van der Waals surface area contributed by atoms with E-state index >= 15 is 0 Å². The Morgan fingerprint density at radius 3 is 1.49 bits per heavy atom. The minimum absolute atomic E-state index is 0.0936. The molecule has 212 valence electrons. The standard InChI is InChI=1S/C35H36O6/c36-31-21-35(37,26-38-22-27-13-5-1-6-14-27)34(41-25-30-19-11-4-12-20-30)33(40-24-29-17-9-3-10-18-29)32(31)39-23-28-15-7-2-8-16-28/h1-20,32-34,37H,21-26H2/t32-,33+,34+,35+/m0/s1. The fraction of sp³-hybridized carbons (Fsp3) is 0.286. The number of aliphatic hydroxyl groups is 1. The minimum Gasteiger partial charge on any atom is -0.384 e. The van der Waals surface area contributed by atoms with Crippen molar-refractivity contribution in [2.45, 2.75) is 56.8 Å². The first-order valence-corrected chi connectivity index (χ1v) is 13.9. The van der Waals surface area contributed by atoms with E-state index in [1.807, 2.05) is 121 Å². The lowest BCUT2D eigenvalue weighted by Gasteiger charge is -2.46. The van der Waals surface area contributed by atoms with Crippen LogP contribution in [0.25, 0.3) is 0 Å². The number of hydrogen-bond acceptors (Lipinski definition) is 6. The van der Waals surface area contributed by atoms with E-state index in [2.05, 4.69) is 0 Å². The Bertz CT molecular complexity index is 1330. The molecular weight excluding hydrogens is 516 g/mol. The van der Waals surface area contributed by atoms with Gasteiger partial charge in [0, 0.05) is 6.42 Å². The molecule has 0 radical (unpaired) electrons. The third kappa shape index (κ3) is 7.97. The number of carbonyl (C=O) groups is 1. The van der Waals surface area contributed by atoms with Crippen LogP contribution in [-0.4, -0.2) is 41.4 Å². The van der Waals surface area contributed by atoms with Crippen LogP contribution in [0.3, 0.4) is 0 Å². The monoisotopic (exact) mass is 552 g/mol. The van der Waals surface area contributed by atoms with Gasteiger partial charge in [0.2, 0.25) is 0 Å². The topological polar surface area (TPSA) is 74.2 Å². The van der Waals surface area contributed by atoms with Crippen molar-refractivity contribution in [3.63, 3.8) is 0 Å². The highest BCUT2D eigenvalue weighted by Crippen LogP contribution is 2.35. The molecule has 0 unspecified atom stereocenters. The Morgan fingerprint density at radius 2 is 1.00 bits per heavy atom. The Labute approximate surface area is 241 Å². The zero-order chi connectivity index (χ0) is 28.3.